The first kappa shape index (κ1) is 24.3. The number of piperazine rings is 1. The fourth-order valence-corrected chi connectivity index (χ4v) is 4.20. The van der Waals surface area contributed by atoms with Gasteiger partial charge in [0.05, 0.1) is 17.7 Å². The molecule has 1 aliphatic carbocycles. The number of anilines is 1. The number of carbonyl (C=O) groups excluding carboxylic acids is 2. The summed E-state index contributed by atoms with van der Waals surface area (Å²) in [6, 6.07) is 12.4. The number of aromatic nitrogens is 1. The molecule has 1 N–H and O–H groups in total. The molecular formula is C24H24F3N5O3. The number of halogens is 3. The monoisotopic (exact) mass is 487 g/mol. The molecule has 2 fully saturated rings. The van der Waals surface area contributed by atoms with E-state index in [1.165, 1.54) is 17.4 Å². The number of carbonyl (C=O) groups is 2. The van der Waals surface area contributed by atoms with Crippen LogP contribution in [0.4, 0.5) is 23.8 Å². The molecule has 1 saturated carbocycles. The number of nitriles is 1. The maximum absolute atomic E-state index is 13.6. The third-order valence-corrected chi connectivity index (χ3v) is 6.08. The summed E-state index contributed by atoms with van der Waals surface area (Å²) in [7, 11) is 0. The number of nitrogens with one attached hydrogen (secondary N) is 1. The molecule has 2 amide bonds. The number of hydrogen-bond acceptors (Lipinski definition) is 6. The Labute approximate surface area is 200 Å². The van der Waals surface area contributed by atoms with Crippen LogP contribution in [0.1, 0.15) is 46.4 Å². The van der Waals surface area contributed by atoms with Crippen molar-refractivity contribution in [1.29, 1.82) is 5.26 Å². The molecule has 2 atom stereocenters. The first-order chi connectivity index (χ1) is 16.7. The van der Waals surface area contributed by atoms with Crippen LogP contribution in [0.5, 0.6) is 0 Å². The minimum Gasteiger partial charge on any atom is -0.462 e. The summed E-state index contributed by atoms with van der Waals surface area (Å²) in [6.07, 6.45) is -4.05. The van der Waals surface area contributed by atoms with Gasteiger partial charge in [-0.3, -0.25) is 0 Å². The molecule has 1 aromatic heterocycles. The number of urea groups is 1. The summed E-state index contributed by atoms with van der Waals surface area (Å²) >= 11 is 0. The third kappa shape index (κ3) is 5.31. The van der Waals surface area contributed by atoms with E-state index in [9.17, 15) is 28.0 Å². The van der Waals surface area contributed by atoms with Gasteiger partial charge in [-0.1, -0.05) is 30.3 Å². The lowest BCUT2D eigenvalue weighted by Gasteiger charge is -2.36. The van der Waals surface area contributed by atoms with E-state index >= 15 is 0 Å². The van der Waals surface area contributed by atoms with Gasteiger partial charge in [0.25, 0.3) is 0 Å². The van der Waals surface area contributed by atoms with Crippen molar-refractivity contribution in [2.24, 2.45) is 0 Å². The first-order valence-electron chi connectivity index (χ1n) is 11.3. The molecule has 184 valence electrons. The Hall–Kier alpha value is -3.81. The molecule has 0 spiro atoms. The van der Waals surface area contributed by atoms with E-state index in [-0.39, 0.29) is 62.2 Å². The normalized spacial score (nSPS) is 19.6. The van der Waals surface area contributed by atoms with Crippen LogP contribution in [0.25, 0.3) is 0 Å². The van der Waals surface area contributed by atoms with Crippen molar-refractivity contribution >= 4 is 17.8 Å². The molecule has 35 heavy (non-hydrogen) atoms. The zero-order valence-electron chi connectivity index (χ0n) is 19.0. The molecule has 11 heteroatoms. The predicted molar refractivity (Wildman–Crippen MR) is 120 cm³/mol. The van der Waals surface area contributed by atoms with E-state index in [0.29, 0.717) is 0 Å². The van der Waals surface area contributed by atoms with Gasteiger partial charge in [-0.25, -0.2) is 14.6 Å². The number of ether oxygens (including phenoxy) is 1. The van der Waals surface area contributed by atoms with Crippen LogP contribution in [0.15, 0.2) is 36.4 Å². The fourth-order valence-electron chi connectivity index (χ4n) is 4.20. The molecule has 2 aliphatic rings. The largest absolute Gasteiger partial charge is 0.462 e. The van der Waals surface area contributed by atoms with Gasteiger partial charge in [-0.2, -0.15) is 18.4 Å². The average molecular weight is 487 g/mol. The first-order valence-corrected chi connectivity index (χ1v) is 11.3. The van der Waals surface area contributed by atoms with Crippen LogP contribution in [0.3, 0.4) is 0 Å². The van der Waals surface area contributed by atoms with Gasteiger partial charge in [-0.05, 0) is 25.0 Å². The van der Waals surface area contributed by atoms with Gasteiger partial charge >= 0.3 is 18.2 Å². The highest BCUT2D eigenvalue weighted by molar-refractivity contribution is 5.92. The molecule has 1 aliphatic heterocycles. The Kier molecular flexibility index (Phi) is 6.82. The minimum atomic E-state index is -4.91. The number of amides is 2. The van der Waals surface area contributed by atoms with Crippen LogP contribution >= 0.6 is 0 Å². The number of benzene rings is 1. The topological polar surface area (TPSA) is 98.6 Å². The molecule has 0 bridgehead atoms. The number of hydrogen-bond donors (Lipinski definition) is 1. The Balaban J connectivity index is 1.43. The lowest BCUT2D eigenvalue weighted by Crippen LogP contribution is -2.52. The van der Waals surface area contributed by atoms with Crippen LogP contribution < -0.4 is 10.2 Å². The van der Waals surface area contributed by atoms with Gasteiger partial charge in [-0.15, -0.1) is 0 Å². The quantitative estimate of drug-likeness (QED) is 0.648. The van der Waals surface area contributed by atoms with Crippen LogP contribution in [-0.4, -0.2) is 60.7 Å². The number of nitrogens with zero attached hydrogens (tertiary/aromatic N) is 4. The summed E-state index contributed by atoms with van der Waals surface area (Å²) < 4.78 is 45.7. The molecule has 0 unspecified atom stereocenters. The van der Waals surface area contributed by atoms with E-state index in [1.807, 2.05) is 36.4 Å². The van der Waals surface area contributed by atoms with Gasteiger partial charge in [0, 0.05) is 38.1 Å². The van der Waals surface area contributed by atoms with E-state index in [2.05, 4.69) is 10.3 Å². The molecule has 4 rings (SSSR count). The summed E-state index contributed by atoms with van der Waals surface area (Å²) in [4.78, 5) is 31.5. The highest BCUT2D eigenvalue weighted by Crippen LogP contribution is 2.40. The number of rotatable bonds is 5. The molecule has 8 nitrogen and oxygen atoms in total. The van der Waals surface area contributed by atoms with Crippen molar-refractivity contribution in [1.82, 2.24) is 15.2 Å². The minimum absolute atomic E-state index is 0.0551. The number of alkyl halides is 3. The van der Waals surface area contributed by atoms with Crippen molar-refractivity contribution in [3.05, 3.63) is 58.8 Å². The second-order valence-electron chi connectivity index (χ2n) is 8.37. The molecule has 1 aromatic carbocycles. The molecular weight excluding hydrogens is 463 g/mol. The highest BCUT2D eigenvalue weighted by Gasteiger charge is 2.41. The van der Waals surface area contributed by atoms with E-state index in [0.717, 1.165) is 12.5 Å². The van der Waals surface area contributed by atoms with E-state index < -0.39 is 23.4 Å². The van der Waals surface area contributed by atoms with Crippen molar-refractivity contribution in [3.8, 4) is 6.07 Å². The van der Waals surface area contributed by atoms with E-state index in [1.54, 1.807) is 4.90 Å². The van der Waals surface area contributed by atoms with E-state index in [4.69, 9.17) is 4.74 Å². The average Bonchev–Trinajstić information content (AvgIpc) is 3.62. The summed E-state index contributed by atoms with van der Waals surface area (Å²) in [5.41, 5.74) is -1.19. The second kappa shape index (κ2) is 9.82. The Morgan fingerprint density at radius 3 is 2.49 bits per heavy atom. The lowest BCUT2D eigenvalue weighted by atomic mass is 10.1. The zero-order chi connectivity index (χ0) is 25.2. The Morgan fingerprint density at radius 1 is 1.20 bits per heavy atom. The van der Waals surface area contributed by atoms with Crippen LogP contribution in [0.2, 0.25) is 0 Å². The van der Waals surface area contributed by atoms with Gasteiger partial charge in [0.1, 0.15) is 11.9 Å². The number of pyridine rings is 1. The van der Waals surface area contributed by atoms with Crippen LogP contribution in [-0.2, 0) is 10.9 Å². The van der Waals surface area contributed by atoms with Gasteiger partial charge in [0.15, 0.2) is 5.69 Å². The third-order valence-electron chi connectivity index (χ3n) is 6.08. The number of esters is 1. The van der Waals surface area contributed by atoms with Crippen molar-refractivity contribution in [2.45, 2.75) is 31.5 Å². The molecule has 1 saturated heterocycles. The zero-order valence-corrected chi connectivity index (χ0v) is 19.0. The summed E-state index contributed by atoms with van der Waals surface area (Å²) in [5.74, 6) is -1.08. The molecule has 2 aromatic rings. The van der Waals surface area contributed by atoms with Crippen molar-refractivity contribution < 1.29 is 27.5 Å². The predicted octanol–water partition coefficient (Wildman–Crippen LogP) is 3.54. The summed E-state index contributed by atoms with van der Waals surface area (Å²) in [6.45, 7) is 2.25. The summed E-state index contributed by atoms with van der Waals surface area (Å²) in [5, 5.41) is 12.5. The van der Waals surface area contributed by atoms with Crippen molar-refractivity contribution in [3.63, 3.8) is 0 Å². The molecule has 0 radical (unpaired) electrons. The lowest BCUT2D eigenvalue weighted by molar-refractivity contribution is -0.141. The van der Waals surface area contributed by atoms with Gasteiger partial charge in [0.2, 0.25) is 0 Å². The maximum Gasteiger partial charge on any atom is 0.434 e. The highest BCUT2D eigenvalue weighted by atomic mass is 19.4. The Bertz CT molecular complexity index is 1140. The standard InChI is InChI=1S/C24H24F3N5O3/c1-2-35-22(33)18-12-16(14-28)21(30-20(18)24(25,26)27)31-8-10-32(11-9-31)23(34)29-19-13-17(19)15-6-4-3-5-7-15/h3-7,12,17,19H,2,8-11,13H2,1H3,(H,29,34)/t17-,19+/m0/s1. The molecule has 2 heterocycles. The van der Waals surface area contributed by atoms with Crippen molar-refractivity contribution in [2.75, 3.05) is 37.7 Å². The van der Waals surface area contributed by atoms with Gasteiger partial charge < -0.3 is 19.9 Å². The SMILES string of the molecule is CCOC(=O)c1cc(C#N)c(N2CCN(C(=O)N[C@@H]3C[C@H]3c3ccccc3)CC2)nc1C(F)(F)F. The Morgan fingerprint density at radius 2 is 1.89 bits per heavy atom. The fraction of sp³-hybridized carbons (Fsp3) is 0.417. The smallest absolute Gasteiger partial charge is 0.434 e. The second-order valence-corrected chi connectivity index (χ2v) is 8.37. The van der Waals surface area contributed by atoms with Crippen LogP contribution in [0, 0.1) is 11.3 Å². The maximum atomic E-state index is 13.6.